The van der Waals surface area contributed by atoms with E-state index in [-0.39, 0.29) is 0 Å². The van der Waals surface area contributed by atoms with E-state index in [1.54, 1.807) is 0 Å². The van der Waals surface area contributed by atoms with Gasteiger partial charge in [-0.2, -0.15) is 5.10 Å². The average Bonchev–Trinajstić information content (AvgIpc) is 2.47. The van der Waals surface area contributed by atoms with Crippen molar-refractivity contribution in [2.24, 2.45) is 5.92 Å². The van der Waals surface area contributed by atoms with Gasteiger partial charge < -0.3 is 0 Å². The smallest absolute Gasteiger partial charge is 0.0492 e. The maximum atomic E-state index is 4.28. The van der Waals surface area contributed by atoms with E-state index >= 15 is 0 Å². The Kier molecular flexibility index (Phi) is 3.32. The Morgan fingerprint density at radius 2 is 2.25 bits per heavy atom. The van der Waals surface area contributed by atoms with Crippen LogP contribution in [-0.2, 0) is 13.0 Å². The summed E-state index contributed by atoms with van der Waals surface area (Å²) in [4.78, 5) is 0. The van der Waals surface area contributed by atoms with E-state index in [1.807, 2.05) is 6.20 Å². The van der Waals surface area contributed by atoms with Crippen LogP contribution >= 0.6 is 0 Å². The van der Waals surface area contributed by atoms with Crippen LogP contribution in [0.2, 0.25) is 0 Å². The van der Waals surface area contributed by atoms with Gasteiger partial charge in [0.2, 0.25) is 0 Å². The highest BCUT2D eigenvalue weighted by molar-refractivity contribution is 4.99. The number of rotatable bonds is 4. The number of hydrogen-bond donors (Lipinski definition) is 0. The third-order valence-electron chi connectivity index (χ3n) is 2.09. The second kappa shape index (κ2) is 4.29. The molecule has 0 saturated carbocycles. The summed E-state index contributed by atoms with van der Waals surface area (Å²) < 4.78 is 2.11. The van der Waals surface area contributed by atoms with Crippen LogP contribution in [0, 0.1) is 5.92 Å². The first-order valence-corrected chi connectivity index (χ1v) is 4.74. The van der Waals surface area contributed by atoms with Gasteiger partial charge in [0.25, 0.3) is 0 Å². The predicted octanol–water partition coefficient (Wildman–Crippen LogP) is 2.49. The van der Waals surface area contributed by atoms with Gasteiger partial charge in [-0.15, -0.1) is 0 Å². The summed E-state index contributed by atoms with van der Waals surface area (Å²) in [6.07, 6.45) is 4.19. The fraction of sp³-hybridized carbons (Fsp3) is 0.700. The fourth-order valence-electron chi connectivity index (χ4n) is 1.24. The van der Waals surface area contributed by atoms with E-state index in [0.717, 1.165) is 18.9 Å². The fourth-order valence-corrected chi connectivity index (χ4v) is 1.24. The van der Waals surface area contributed by atoms with Crippen molar-refractivity contribution in [2.75, 3.05) is 0 Å². The molecule has 0 fully saturated rings. The lowest BCUT2D eigenvalue weighted by molar-refractivity contribution is 0.477. The zero-order valence-electron chi connectivity index (χ0n) is 8.25. The summed E-state index contributed by atoms with van der Waals surface area (Å²) >= 11 is 0. The van der Waals surface area contributed by atoms with E-state index in [2.05, 4.69) is 36.6 Å². The molecular weight excluding hydrogens is 148 g/mol. The summed E-state index contributed by atoms with van der Waals surface area (Å²) in [6, 6.07) is 2.10. The molecule has 0 amide bonds. The van der Waals surface area contributed by atoms with Gasteiger partial charge in [-0.05, 0) is 24.8 Å². The molecule has 0 aliphatic rings. The number of aromatic nitrogens is 2. The minimum absolute atomic E-state index is 0.763. The maximum absolute atomic E-state index is 4.28. The quantitative estimate of drug-likeness (QED) is 0.672. The minimum atomic E-state index is 0.763. The van der Waals surface area contributed by atoms with E-state index in [1.165, 1.54) is 12.1 Å². The largest absolute Gasteiger partial charge is 0.270 e. The molecule has 1 rings (SSSR count). The second-order valence-electron chi connectivity index (χ2n) is 3.58. The van der Waals surface area contributed by atoms with Gasteiger partial charge in [-0.25, -0.2) is 0 Å². The van der Waals surface area contributed by atoms with Crippen molar-refractivity contribution in [3.05, 3.63) is 18.0 Å². The molecule has 0 radical (unpaired) electrons. The number of hydrogen-bond acceptors (Lipinski definition) is 1. The third-order valence-corrected chi connectivity index (χ3v) is 2.09. The van der Waals surface area contributed by atoms with Crippen molar-refractivity contribution in [2.45, 2.75) is 40.2 Å². The molecule has 0 N–H and O–H groups in total. The Bertz CT molecular complexity index is 225. The Labute approximate surface area is 74.6 Å². The Morgan fingerprint density at radius 1 is 1.50 bits per heavy atom. The molecule has 0 aromatic carbocycles. The maximum Gasteiger partial charge on any atom is 0.0492 e. The molecule has 0 atom stereocenters. The highest BCUT2D eigenvalue weighted by atomic mass is 15.3. The minimum Gasteiger partial charge on any atom is -0.270 e. The van der Waals surface area contributed by atoms with Crippen LogP contribution in [-0.4, -0.2) is 9.78 Å². The predicted molar refractivity (Wildman–Crippen MR) is 51.1 cm³/mol. The van der Waals surface area contributed by atoms with E-state index in [0.29, 0.717) is 0 Å². The first-order chi connectivity index (χ1) is 5.74. The molecule has 0 aliphatic heterocycles. The van der Waals surface area contributed by atoms with E-state index < -0.39 is 0 Å². The van der Waals surface area contributed by atoms with Crippen LogP contribution in [0.5, 0.6) is 0 Å². The van der Waals surface area contributed by atoms with Crippen molar-refractivity contribution >= 4 is 0 Å². The summed E-state index contributed by atoms with van der Waals surface area (Å²) in [7, 11) is 0. The lowest BCUT2D eigenvalue weighted by Gasteiger charge is -2.07. The molecule has 1 heterocycles. The summed E-state index contributed by atoms with van der Waals surface area (Å²) in [6.45, 7) is 7.72. The van der Waals surface area contributed by atoms with Crippen LogP contribution < -0.4 is 0 Å². The van der Waals surface area contributed by atoms with Crippen molar-refractivity contribution in [3.8, 4) is 0 Å². The zero-order valence-corrected chi connectivity index (χ0v) is 8.25. The topological polar surface area (TPSA) is 17.8 Å². The highest BCUT2D eigenvalue weighted by Crippen LogP contribution is 2.05. The van der Waals surface area contributed by atoms with Gasteiger partial charge in [0.15, 0.2) is 0 Å². The van der Waals surface area contributed by atoms with Gasteiger partial charge in [0.1, 0.15) is 0 Å². The molecule has 0 spiro atoms. The van der Waals surface area contributed by atoms with Crippen molar-refractivity contribution in [3.63, 3.8) is 0 Å². The molecule has 2 nitrogen and oxygen atoms in total. The summed E-state index contributed by atoms with van der Waals surface area (Å²) in [5.41, 5.74) is 1.34. The van der Waals surface area contributed by atoms with Crippen molar-refractivity contribution in [1.82, 2.24) is 9.78 Å². The molecule has 12 heavy (non-hydrogen) atoms. The average molecular weight is 166 g/mol. The molecule has 0 aliphatic carbocycles. The van der Waals surface area contributed by atoms with Crippen LogP contribution in [0.4, 0.5) is 0 Å². The third kappa shape index (κ3) is 2.36. The van der Waals surface area contributed by atoms with Crippen LogP contribution in [0.1, 0.15) is 32.9 Å². The number of nitrogens with zero attached hydrogens (tertiary/aromatic N) is 2. The van der Waals surface area contributed by atoms with Crippen LogP contribution in [0.25, 0.3) is 0 Å². The molecular formula is C10H18N2. The van der Waals surface area contributed by atoms with Gasteiger partial charge in [-0.3, -0.25) is 4.68 Å². The Hall–Kier alpha value is -0.790. The molecule has 0 saturated heterocycles. The Balaban J connectivity index is 2.50. The normalized spacial score (nSPS) is 11.0. The summed E-state index contributed by atoms with van der Waals surface area (Å²) in [5.74, 6) is 0.763. The van der Waals surface area contributed by atoms with Gasteiger partial charge >= 0.3 is 0 Å². The number of aryl methyl sites for hydroxylation is 2. The summed E-state index contributed by atoms with van der Waals surface area (Å²) in [5, 5.41) is 4.28. The molecule has 1 aromatic heterocycles. The SMILES string of the molecule is CCc1ccnn1CCC(C)C. The molecule has 0 unspecified atom stereocenters. The van der Waals surface area contributed by atoms with Crippen LogP contribution in [0.3, 0.4) is 0 Å². The van der Waals surface area contributed by atoms with Crippen molar-refractivity contribution in [1.29, 1.82) is 0 Å². The van der Waals surface area contributed by atoms with Crippen LogP contribution in [0.15, 0.2) is 12.3 Å². The molecule has 1 aromatic rings. The molecule has 68 valence electrons. The lowest BCUT2D eigenvalue weighted by atomic mass is 10.1. The second-order valence-corrected chi connectivity index (χ2v) is 3.58. The molecule has 2 heteroatoms. The zero-order chi connectivity index (χ0) is 8.97. The van der Waals surface area contributed by atoms with Crippen molar-refractivity contribution < 1.29 is 0 Å². The van der Waals surface area contributed by atoms with E-state index in [9.17, 15) is 0 Å². The van der Waals surface area contributed by atoms with Gasteiger partial charge in [0.05, 0.1) is 0 Å². The van der Waals surface area contributed by atoms with Gasteiger partial charge in [-0.1, -0.05) is 20.8 Å². The molecule has 0 bridgehead atoms. The highest BCUT2D eigenvalue weighted by Gasteiger charge is 2.00. The first kappa shape index (κ1) is 9.30. The Morgan fingerprint density at radius 3 is 2.83 bits per heavy atom. The monoisotopic (exact) mass is 166 g/mol. The standard InChI is InChI=1S/C10H18N2/c1-4-10-5-7-11-12(10)8-6-9(2)3/h5,7,9H,4,6,8H2,1-3H3. The van der Waals surface area contributed by atoms with Gasteiger partial charge in [0, 0.05) is 18.4 Å². The first-order valence-electron chi connectivity index (χ1n) is 4.74. The lowest BCUT2D eigenvalue weighted by Crippen LogP contribution is -2.06. The van der Waals surface area contributed by atoms with E-state index in [4.69, 9.17) is 0 Å².